The molecule has 2 atom stereocenters. The van der Waals surface area contributed by atoms with E-state index in [2.05, 4.69) is 0 Å². The number of aliphatic hydroxyl groups is 1. The Labute approximate surface area is 78.7 Å². The SMILES string of the molecule is C[C@H](N)C(O)C=Cc1ccccc1. The molecule has 0 radical (unpaired) electrons. The molecule has 0 bridgehead atoms. The number of aliphatic hydroxyl groups excluding tert-OH is 1. The van der Waals surface area contributed by atoms with Crippen molar-refractivity contribution in [3.8, 4) is 0 Å². The molecule has 13 heavy (non-hydrogen) atoms. The van der Waals surface area contributed by atoms with Gasteiger partial charge in [-0.05, 0) is 12.5 Å². The second kappa shape index (κ2) is 4.80. The van der Waals surface area contributed by atoms with E-state index < -0.39 is 6.10 Å². The van der Waals surface area contributed by atoms with Crippen molar-refractivity contribution in [3.63, 3.8) is 0 Å². The van der Waals surface area contributed by atoms with E-state index in [4.69, 9.17) is 5.73 Å². The van der Waals surface area contributed by atoms with Gasteiger partial charge in [-0.15, -0.1) is 0 Å². The van der Waals surface area contributed by atoms with Crippen molar-refractivity contribution in [1.29, 1.82) is 0 Å². The van der Waals surface area contributed by atoms with Crippen molar-refractivity contribution in [3.05, 3.63) is 42.0 Å². The van der Waals surface area contributed by atoms with Crippen LogP contribution >= 0.6 is 0 Å². The third-order valence-corrected chi connectivity index (χ3v) is 1.82. The maximum absolute atomic E-state index is 9.38. The van der Waals surface area contributed by atoms with Gasteiger partial charge < -0.3 is 10.8 Å². The Kier molecular flexibility index (Phi) is 3.68. The molecule has 0 fully saturated rings. The number of hydrogen-bond acceptors (Lipinski definition) is 2. The highest BCUT2D eigenvalue weighted by Crippen LogP contribution is 2.02. The number of rotatable bonds is 3. The summed E-state index contributed by atoms with van der Waals surface area (Å²) in [4.78, 5) is 0. The fourth-order valence-corrected chi connectivity index (χ4v) is 0.949. The standard InChI is InChI=1S/C11H15NO/c1-9(12)11(13)8-7-10-5-3-2-4-6-10/h2-9,11,13H,12H2,1H3/t9-,11?/m0/s1. The van der Waals surface area contributed by atoms with Crippen LogP contribution < -0.4 is 5.73 Å². The number of nitrogens with two attached hydrogens (primary N) is 1. The van der Waals surface area contributed by atoms with E-state index in [1.807, 2.05) is 36.4 Å². The molecule has 0 aliphatic rings. The minimum absolute atomic E-state index is 0.222. The van der Waals surface area contributed by atoms with Crippen molar-refractivity contribution in [1.82, 2.24) is 0 Å². The van der Waals surface area contributed by atoms with Gasteiger partial charge in [0.1, 0.15) is 0 Å². The Morgan fingerprint density at radius 3 is 2.46 bits per heavy atom. The molecule has 1 aromatic rings. The van der Waals surface area contributed by atoms with Crippen molar-refractivity contribution in [2.75, 3.05) is 0 Å². The lowest BCUT2D eigenvalue weighted by atomic mass is 10.1. The fourth-order valence-electron chi connectivity index (χ4n) is 0.949. The van der Waals surface area contributed by atoms with E-state index >= 15 is 0 Å². The first-order valence-electron chi connectivity index (χ1n) is 4.37. The molecule has 0 spiro atoms. The molecule has 0 aliphatic heterocycles. The molecule has 0 aliphatic carbocycles. The maximum Gasteiger partial charge on any atom is 0.0872 e. The first kappa shape index (κ1) is 9.96. The predicted molar refractivity (Wildman–Crippen MR) is 55.1 cm³/mol. The van der Waals surface area contributed by atoms with E-state index in [-0.39, 0.29) is 6.04 Å². The molecule has 70 valence electrons. The van der Waals surface area contributed by atoms with E-state index in [9.17, 15) is 5.11 Å². The third-order valence-electron chi connectivity index (χ3n) is 1.82. The zero-order valence-electron chi connectivity index (χ0n) is 7.72. The summed E-state index contributed by atoms with van der Waals surface area (Å²) < 4.78 is 0. The molecule has 0 heterocycles. The summed E-state index contributed by atoms with van der Waals surface area (Å²) in [5.41, 5.74) is 6.57. The molecule has 2 heteroatoms. The van der Waals surface area contributed by atoms with Gasteiger partial charge in [-0.3, -0.25) is 0 Å². The lowest BCUT2D eigenvalue weighted by Gasteiger charge is -2.08. The Bertz CT molecular complexity index is 267. The van der Waals surface area contributed by atoms with Gasteiger partial charge in [0, 0.05) is 6.04 Å². The molecule has 2 nitrogen and oxygen atoms in total. The van der Waals surface area contributed by atoms with Crippen LogP contribution in [0.1, 0.15) is 12.5 Å². The fraction of sp³-hybridized carbons (Fsp3) is 0.273. The minimum atomic E-state index is -0.569. The molecule has 1 rings (SSSR count). The summed E-state index contributed by atoms with van der Waals surface area (Å²) in [6.45, 7) is 1.78. The van der Waals surface area contributed by atoms with Gasteiger partial charge in [0.25, 0.3) is 0 Å². The Morgan fingerprint density at radius 2 is 1.92 bits per heavy atom. The van der Waals surface area contributed by atoms with E-state index in [0.717, 1.165) is 5.56 Å². The molecule has 0 saturated carbocycles. The van der Waals surface area contributed by atoms with Gasteiger partial charge >= 0.3 is 0 Å². The van der Waals surface area contributed by atoms with Crippen LogP contribution in [0.3, 0.4) is 0 Å². The first-order valence-corrected chi connectivity index (χ1v) is 4.37. The van der Waals surface area contributed by atoms with E-state index in [1.165, 1.54) is 0 Å². The van der Waals surface area contributed by atoms with Gasteiger partial charge in [-0.25, -0.2) is 0 Å². The maximum atomic E-state index is 9.38. The van der Waals surface area contributed by atoms with E-state index in [1.54, 1.807) is 13.0 Å². The van der Waals surface area contributed by atoms with Crippen LogP contribution in [-0.2, 0) is 0 Å². The van der Waals surface area contributed by atoms with Crippen LogP contribution in [0.15, 0.2) is 36.4 Å². The number of hydrogen-bond donors (Lipinski definition) is 2. The van der Waals surface area contributed by atoms with Crippen LogP contribution in [0.4, 0.5) is 0 Å². The molecule has 3 N–H and O–H groups in total. The van der Waals surface area contributed by atoms with Crippen LogP contribution in [0.2, 0.25) is 0 Å². The molecular weight excluding hydrogens is 162 g/mol. The summed E-state index contributed by atoms with van der Waals surface area (Å²) >= 11 is 0. The normalized spacial score (nSPS) is 15.9. The van der Waals surface area contributed by atoms with Gasteiger partial charge in [0.2, 0.25) is 0 Å². The van der Waals surface area contributed by atoms with Gasteiger partial charge in [0.05, 0.1) is 6.10 Å². The molecule has 1 aromatic carbocycles. The molecule has 0 aromatic heterocycles. The summed E-state index contributed by atoms with van der Waals surface area (Å²) in [6, 6.07) is 9.60. The lowest BCUT2D eigenvalue weighted by molar-refractivity contribution is 0.199. The van der Waals surface area contributed by atoms with E-state index in [0.29, 0.717) is 0 Å². The largest absolute Gasteiger partial charge is 0.387 e. The van der Waals surface area contributed by atoms with Gasteiger partial charge in [0.15, 0.2) is 0 Å². The summed E-state index contributed by atoms with van der Waals surface area (Å²) in [5.74, 6) is 0. The first-order chi connectivity index (χ1) is 6.20. The second-order valence-corrected chi connectivity index (χ2v) is 3.12. The summed E-state index contributed by atoms with van der Waals surface area (Å²) in [7, 11) is 0. The quantitative estimate of drug-likeness (QED) is 0.733. The number of benzene rings is 1. The lowest BCUT2D eigenvalue weighted by Crippen LogP contribution is -2.29. The van der Waals surface area contributed by atoms with Crippen molar-refractivity contribution < 1.29 is 5.11 Å². The van der Waals surface area contributed by atoms with Crippen LogP contribution in [0, 0.1) is 0 Å². The van der Waals surface area contributed by atoms with Gasteiger partial charge in [-0.2, -0.15) is 0 Å². The second-order valence-electron chi connectivity index (χ2n) is 3.12. The Hall–Kier alpha value is -1.12. The highest BCUT2D eigenvalue weighted by Gasteiger charge is 2.03. The van der Waals surface area contributed by atoms with Crippen LogP contribution in [-0.4, -0.2) is 17.3 Å². The molecule has 0 saturated heterocycles. The molecule has 0 amide bonds. The van der Waals surface area contributed by atoms with Crippen LogP contribution in [0.25, 0.3) is 6.08 Å². The van der Waals surface area contributed by atoms with Gasteiger partial charge in [-0.1, -0.05) is 42.5 Å². The monoisotopic (exact) mass is 177 g/mol. The molecular formula is C11H15NO. The Morgan fingerprint density at radius 1 is 1.31 bits per heavy atom. The van der Waals surface area contributed by atoms with Crippen molar-refractivity contribution in [2.24, 2.45) is 5.73 Å². The van der Waals surface area contributed by atoms with Crippen molar-refractivity contribution in [2.45, 2.75) is 19.1 Å². The van der Waals surface area contributed by atoms with Crippen LogP contribution in [0.5, 0.6) is 0 Å². The summed E-state index contributed by atoms with van der Waals surface area (Å²) in [5, 5.41) is 9.38. The topological polar surface area (TPSA) is 46.2 Å². The average molecular weight is 177 g/mol. The predicted octanol–water partition coefficient (Wildman–Crippen LogP) is 1.41. The zero-order chi connectivity index (χ0) is 9.68. The molecule has 1 unspecified atom stereocenters. The third kappa shape index (κ3) is 3.40. The zero-order valence-corrected chi connectivity index (χ0v) is 7.72. The smallest absolute Gasteiger partial charge is 0.0872 e. The minimum Gasteiger partial charge on any atom is -0.387 e. The van der Waals surface area contributed by atoms with Crippen molar-refractivity contribution >= 4 is 6.08 Å². The average Bonchev–Trinajstić information content (AvgIpc) is 2.15. The highest BCUT2D eigenvalue weighted by atomic mass is 16.3. The Balaban J connectivity index is 2.59. The highest BCUT2D eigenvalue weighted by molar-refractivity contribution is 5.49. The summed E-state index contributed by atoms with van der Waals surface area (Å²) in [6.07, 6.45) is 3.01.